The molecule has 0 bridgehead atoms. The number of nitrogens with zero attached hydrogens (tertiary/aromatic N) is 3. The van der Waals surface area contributed by atoms with E-state index in [0.717, 1.165) is 16.6 Å². The summed E-state index contributed by atoms with van der Waals surface area (Å²) in [5.41, 5.74) is 1.67. The molecule has 0 aliphatic carbocycles. The van der Waals surface area contributed by atoms with Crippen molar-refractivity contribution in [3.63, 3.8) is 0 Å². The third-order valence-electron chi connectivity index (χ3n) is 3.14. The largest absolute Gasteiger partial charge is 0.422 e. The summed E-state index contributed by atoms with van der Waals surface area (Å²) in [6, 6.07) is 9.74. The number of para-hydroxylation sites is 1. The van der Waals surface area contributed by atoms with E-state index in [1.807, 2.05) is 34.9 Å². The Bertz CT molecular complexity index is 774. The van der Waals surface area contributed by atoms with E-state index in [4.69, 9.17) is 4.42 Å². The Balaban J connectivity index is 2.04. The molecule has 1 aromatic carbocycles. The number of hydrogen-bond donors (Lipinski definition) is 1. The van der Waals surface area contributed by atoms with Crippen molar-refractivity contribution in [1.29, 1.82) is 0 Å². The molecule has 0 atom stereocenters. The molecule has 0 radical (unpaired) electrons. The van der Waals surface area contributed by atoms with Gasteiger partial charge in [0, 0.05) is 17.4 Å². The van der Waals surface area contributed by atoms with E-state index in [1.54, 1.807) is 6.08 Å². The fraction of sp³-hybridized carbons (Fsp3) is 0.133. The lowest BCUT2D eigenvalue weighted by atomic mass is 10.2. The number of carbonyl (C=O) groups is 1. The van der Waals surface area contributed by atoms with Crippen LogP contribution in [0.4, 0.5) is 0 Å². The average Bonchev–Trinajstić information content (AvgIpc) is 3.13. The van der Waals surface area contributed by atoms with Crippen LogP contribution in [0.5, 0.6) is 0 Å². The Morgan fingerprint density at radius 1 is 1.43 bits per heavy atom. The van der Waals surface area contributed by atoms with Gasteiger partial charge in [-0.2, -0.15) is 0 Å². The molecule has 0 fully saturated rings. The van der Waals surface area contributed by atoms with Crippen LogP contribution in [0.2, 0.25) is 0 Å². The number of benzene rings is 1. The maximum atomic E-state index is 12.0. The minimum Gasteiger partial charge on any atom is -0.422 e. The van der Waals surface area contributed by atoms with Crippen LogP contribution in [-0.4, -0.2) is 27.2 Å². The molecule has 0 unspecified atom stereocenters. The second-order valence-corrected chi connectivity index (χ2v) is 4.51. The van der Waals surface area contributed by atoms with E-state index in [-0.39, 0.29) is 12.5 Å². The van der Waals surface area contributed by atoms with Gasteiger partial charge >= 0.3 is 0 Å². The summed E-state index contributed by atoms with van der Waals surface area (Å²) in [6.45, 7) is 4.20. The lowest BCUT2D eigenvalue weighted by molar-refractivity contribution is -0.121. The minimum atomic E-state index is -0.1000. The van der Waals surface area contributed by atoms with Crippen molar-refractivity contribution in [2.45, 2.75) is 6.54 Å². The summed E-state index contributed by atoms with van der Waals surface area (Å²) < 4.78 is 7.12. The number of carbonyl (C=O) groups excluding carboxylic acids is 1. The van der Waals surface area contributed by atoms with Crippen molar-refractivity contribution < 1.29 is 9.21 Å². The summed E-state index contributed by atoms with van der Waals surface area (Å²) >= 11 is 0. The Kier molecular flexibility index (Phi) is 3.51. The zero-order chi connectivity index (χ0) is 14.7. The summed E-state index contributed by atoms with van der Waals surface area (Å²) in [6.07, 6.45) is 2.92. The Morgan fingerprint density at radius 3 is 3.05 bits per heavy atom. The molecule has 0 aliphatic rings. The molecule has 1 N–H and O–H groups in total. The van der Waals surface area contributed by atoms with Crippen LogP contribution in [0.25, 0.3) is 22.5 Å². The highest BCUT2D eigenvalue weighted by atomic mass is 16.4. The summed E-state index contributed by atoms with van der Waals surface area (Å²) in [5, 5.41) is 11.4. The number of aromatic nitrogens is 3. The van der Waals surface area contributed by atoms with Crippen molar-refractivity contribution in [2.75, 3.05) is 6.54 Å². The Morgan fingerprint density at radius 2 is 2.29 bits per heavy atom. The van der Waals surface area contributed by atoms with Crippen LogP contribution in [0.1, 0.15) is 0 Å². The number of fused-ring (bicyclic) bond motifs is 1. The van der Waals surface area contributed by atoms with E-state index in [9.17, 15) is 4.79 Å². The Hall–Kier alpha value is -2.89. The van der Waals surface area contributed by atoms with Gasteiger partial charge in [0.1, 0.15) is 12.2 Å². The maximum Gasteiger partial charge on any atom is 0.264 e. The van der Waals surface area contributed by atoms with Crippen LogP contribution in [0, 0.1) is 0 Å². The monoisotopic (exact) mass is 282 g/mol. The normalized spacial score (nSPS) is 10.7. The van der Waals surface area contributed by atoms with E-state index < -0.39 is 0 Å². The van der Waals surface area contributed by atoms with Crippen molar-refractivity contribution in [2.24, 2.45) is 0 Å². The SMILES string of the molecule is C=CCNC(=O)Cn1c(-c2nnco2)cc2ccccc21. The molecule has 0 spiro atoms. The average molecular weight is 282 g/mol. The topological polar surface area (TPSA) is 73.0 Å². The molecular weight excluding hydrogens is 268 g/mol. The Labute approximate surface area is 121 Å². The summed E-state index contributed by atoms with van der Waals surface area (Å²) in [7, 11) is 0. The fourth-order valence-electron chi connectivity index (χ4n) is 2.23. The molecule has 6 nitrogen and oxygen atoms in total. The van der Waals surface area contributed by atoms with E-state index in [2.05, 4.69) is 22.1 Å². The van der Waals surface area contributed by atoms with Crippen molar-refractivity contribution in [3.05, 3.63) is 49.4 Å². The fourth-order valence-corrected chi connectivity index (χ4v) is 2.23. The lowest BCUT2D eigenvalue weighted by Gasteiger charge is -2.08. The highest BCUT2D eigenvalue weighted by Gasteiger charge is 2.16. The first-order chi connectivity index (χ1) is 10.3. The standard InChI is InChI=1S/C15H14N4O2/c1-2-7-16-14(20)9-19-12-6-4-3-5-11(12)8-13(19)15-18-17-10-21-15/h2-6,8,10H,1,7,9H2,(H,16,20). The van der Waals surface area contributed by atoms with Gasteiger partial charge in [0.15, 0.2) is 0 Å². The van der Waals surface area contributed by atoms with Gasteiger partial charge in [-0.05, 0) is 12.1 Å². The molecule has 3 rings (SSSR count). The van der Waals surface area contributed by atoms with E-state index in [0.29, 0.717) is 12.4 Å². The van der Waals surface area contributed by atoms with Gasteiger partial charge in [-0.15, -0.1) is 16.8 Å². The molecule has 1 amide bonds. The zero-order valence-electron chi connectivity index (χ0n) is 11.3. The quantitative estimate of drug-likeness (QED) is 0.726. The maximum absolute atomic E-state index is 12.0. The molecule has 106 valence electrons. The van der Waals surface area contributed by atoms with Crippen LogP contribution in [-0.2, 0) is 11.3 Å². The number of nitrogens with one attached hydrogen (secondary N) is 1. The lowest BCUT2D eigenvalue weighted by Crippen LogP contribution is -2.27. The molecular formula is C15H14N4O2. The highest BCUT2D eigenvalue weighted by molar-refractivity contribution is 5.88. The first kappa shape index (κ1) is 13.1. The van der Waals surface area contributed by atoms with Gasteiger partial charge in [0.05, 0.1) is 0 Å². The second-order valence-electron chi connectivity index (χ2n) is 4.51. The molecule has 2 aromatic heterocycles. The van der Waals surface area contributed by atoms with Gasteiger partial charge in [0.25, 0.3) is 5.89 Å². The first-order valence-corrected chi connectivity index (χ1v) is 6.52. The van der Waals surface area contributed by atoms with Gasteiger partial charge in [-0.1, -0.05) is 24.3 Å². The van der Waals surface area contributed by atoms with Crippen LogP contribution in [0.3, 0.4) is 0 Å². The third-order valence-corrected chi connectivity index (χ3v) is 3.14. The van der Waals surface area contributed by atoms with Gasteiger partial charge in [-0.25, -0.2) is 0 Å². The van der Waals surface area contributed by atoms with Gasteiger partial charge in [0.2, 0.25) is 12.3 Å². The minimum absolute atomic E-state index is 0.1000. The smallest absolute Gasteiger partial charge is 0.264 e. The highest BCUT2D eigenvalue weighted by Crippen LogP contribution is 2.26. The van der Waals surface area contributed by atoms with Crippen molar-refractivity contribution in [1.82, 2.24) is 20.1 Å². The van der Waals surface area contributed by atoms with Gasteiger partial charge in [-0.3, -0.25) is 4.79 Å². The summed E-state index contributed by atoms with van der Waals surface area (Å²) in [5.74, 6) is 0.291. The molecule has 3 aromatic rings. The predicted molar refractivity (Wildman–Crippen MR) is 78.4 cm³/mol. The number of amides is 1. The van der Waals surface area contributed by atoms with E-state index in [1.165, 1.54) is 6.39 Å². The second kappa shape index (κ2) is 5.62. The van der Waals surface area contributed by atoms with Crippen LogP contribution in [0.15, 0.2) is 53.8 Å². The molecule has 0 saturated carbocycles. The zero-order valence-corrected chi connectivity index (χ0v) is 11.3. The third kappa shape index (κ3) is 2.55. The van der Waals surface area contributed by atoms with E-state index >= 15 is 0 Å². The molecule has 0 aliphatic heterocycles. The molecule has 6 heteroatoms. The van der Waals surface area contributed by atoms with Crippen molar-refractivity contribution >= 4 is 16.8 Å². The number of hydrogen-bond acceptors (Lipinski definition) is 4. The summed E-state index contributed by atoms with van der Waals surface area (Å²) in [4.78, 5) is 12.0. The molecule has 2 heterocycles. The van der Waals surface area contributed by atoms with Crippen LogP contribution < -0.4 is 5.32 Å². The molecule has 0 saturated heterocycles. The predicted octanol–water partition coefficient (Wildman–Crippen LogP) is 1.99. The number of rotatable bonds is 5. The molecule has 21 heavy (non-hydrogen) atoms. The van der Waals surface area contributed by atoms with Crippen LogP contribution >= 0.6 is 0 Å². The van der Waals surface area contributed by atoms with Crippen molar-refractivity contribution in [3.8, 4) is 11.6 Å². The first-order valence-electron chi connectivity index (χ1n) is 6.52. The van der Waals surface area contributed by atoms with Gasteiger partial charge < -0.3 is 14.3 Å².